The van der Waals surface area contributed by atoms with Crippen LogP contribution in [0.1, 0.15) is 11.1 Å². The van der Waals surface area contributed by atoms with Gasteiger partial charge in [-0.1, -0.05) is 18.2 Å². The number of hydrazone groups is 1. The molecule has 5 heteroatoms. The van der Waals surface area contributed by atoms with Crippen LogP contribution in [0.4, 0.5) is 5.82 Å². The van der Waals surface area contributed by atoms with Crippen LogP contribution < -0.4 is 14.9 Å². The van der Waals surface area contributed by atoms with Crippen molar-refractivity contribution in [3.8, 4) is 11.5 Å². The van der Waals surface area contributed by atoms with Crippen molar-refractivity contribution < 1.29 is 9.47 Å². The summed E-state index contributed by atoms with van der Waals surface area (Å²) in [6, 6.07) is 15.6. The number of benzene rings is 2. The van der Waals surface area contributed by atoms with Gasteiger partial charge in [-0.25, -0.2) is 4.98 Å². The smallest absolute Gasteiger partial charge is 0.147 e. The van der Waals surface area contributed by atoms with E-state index in [1.807, 2.05) is 42.5 Å². The van der Waals surface area contributed by atoms with E-state index in [-0.39, 0.29) is 0 Å². The van der Waals surface area contributed by atoms with Gasteiger partial charge in [-0.3, -0.25) is 5.43 Å². The summed E-state index contributed by atoms with van der Waals surface area (Å²) in [6.45, 7) is 2.06. The van der Waals surface area contributed by atoms with Gasteiger partial charge in [-0.05, 0) is 42.8 Å². The number of ether oxygens (including phenoxy) is 2. The molecule has 1 aromatic heterocycles. The minimum atomic E-state index is 0.698. The molecule has 1 N–H and O–H groups in total. The number of methoxy groups -OCH3 is 2. The van der Waals surface area contributed by atoms with Gasteiger partial charge >= 0.3 is 0 Å². The van der Waals surface area contributed by atoms with Gasteiger partial charge in [0.25, 0.3) is 0 Å². The molecule has 0 atom stereocenters. The topological polar surface area (TPSA) is 55.7 Å². The molecular formula is C19H19N3O2. The molecule has 0 saturated carbocycles. The molecule has 0 aliphatic heterocycles. The van der Waals surface area contributed by atoms with Crippen LogP contribution in [0.3, 0.4) is 0 Å². The summed E-state index contributed by atoms with van der Waals surface area (Å²) in [4.78, 5) is 4.56. The summed E-state index contributed by atoms with van der Waals surface area (Å²) in [5.74, 6) is 2.17. The fourth-order valence-electron chi connectivity index (χ4n) is 2.51. The molecule has 2 aromatic carbocycles. The van der Waals surface area contributed by atoms with Gasteiger partial charge < -0.3 is 9.47 Å². The molecule has 0 amide bonds. The van der Waals surface area contributed by atoms with Crippen molar-refractivity contribution in [3.05, 3.63) is 59.7 Å². The van der Waals surface area contributed by atoms with Crippen molar-refractivity contribution in [3.63, 3.8) is 0 Å². The highest BCUT2D eigenvalue weighted by Crippen LogP contribution is 2.23. The number of nitrogens with zero attached hydrogens (tertiary/aromatic N) is 2. The Labute approximate surface area is 140 Å². The Morgan fingerprint density at radius 1 is 1.04 bits per heavy atom. The Morgan fingerprint density at radius 2 is 1.88 bits per heavy atom. The summed E-state index contributed by atoms with van der Waals surface area (Å²) in [5.41, 5.74) is 5.89. The van der Waals surface area contributed by atoms with Crippen molar-refractivity contribution in [1.29, 1.82) is 0 Å². The van der Waals surface area contributed by atoms with Crippen LogP contribution in [-0.4, -0.2) is 25.4 Å². The highest BCUT2D eigenvalue weighted by atomic mass is 16.5. The first-order valence-electron chi connectivity index (χ1n) is 7.59. The number of aryl methyl sites for hydroxylation is 1. The van der Waals surface area contributed by atoms with Crippen molar-refractivity contribution in [2.45, 2.75) is 6.92 Å². The molecule has 24 heavy (non-hydrogen) atoms. The van der Waals surface area contributed by atoms with Gasteiger partial charge in [0.1, 0.15) is 17.3 Å². The standard InChI is InChI=1S/C19H19N3O2/c1-13-10-19(21-17-7-5-4-6-16(13)17)22-20-12-14-11-15(23-2)8-9-18(14)24-3/h4-12H,1-3H3,(H,21,22)/b20-12+. The van der Waals surface area contributed by atoms with E-state index < -0.39 is 0 Å². The molecule has 1 heterocycles. The van der Waals surface area contributed by atoms with Crippen LogP contribution >= 0.6 is 0 Å². The van der Waals surface area contributed by atoms with Gasteiger partial charge in [0.2, 0.25) is 0 Å². The van der Waals surface area contributed by atoms with Crippen LogP contribution in [0.25, 0.3) is 10.9 Å². The Kier molecular flexibility index (Phi) is 4.61. The molecule has 0 unspecified atom stereocenters. The number of nitrogens with one attached hydrogen (secondary N) is 1. The highest BCUT2D eigenvalue weighted by molar-refractivity contribution is 5.86. The third-order valence-electron chi connectivity index (χ3n) is 3.74. The number of rotatable bonds is 5. The number of anilines is 1. The maximum atomic E-state index is 5.33. The lowest BCUT2D eigenvalue weighted by atomic mass is 10.1. The summed E-state index contributed by atoms with van der Waals surface area (Å²) in [5, 5.41) is 5.41. The molecule has 0 bridgehead atoms. The third-order valence-corrected chi connectivity index (χ3v) is 3.74. The zero-order valence-electron chi connectivity index (χ0n) is 13.9. The van der Waals surface area contributed by atoms with Crippen LogP contribution in [0.15, 0.2) is 53.6 Å². The van der Waals surface area contributed by atoms with E-state index in [4.69, 9.17) is 9.47 Å². The van der Waals surface area contributed by atoms with E-state index in [0.29, 0.717) is 5.82 Å². The normalized spacial score (nSPS) is 11.0. The monoisotopic (exact) mass is 321 g/mol. The quantitative estimate of drug-likeness (QED) is 0.570. The Bertz CT molecular complexity index is 891. The Balaban J connectivity index is 1.84. The lowest BCUT2D eigenvalue weighted by molar-refractivity contribution is 0.402. The van der Waals surface area contributed by atoms with Gasteiger partial charge in [-0.15, -0.1) is 0 Å². The number of aromatic nitrogens is 1. The number of hydrogen-bond donors (Lipinski definition) is 1. The van der Waals surface area contributed by atoms with Gasteiger partial charge in [0, 0.05) is 10.9 Å². The minimum absolute atomic E-state index is 0.698. The van der Waals surface area contributed by atoms with Crippen molar-refractivity contribution in [2.75, 3.05) is 19.6 Å². The van der Waals surface area contributed by atoms with Crippen molar-refractivity contribution in [2.24, 2.45) is 5.10 Å². The average molecular weight is 321 g/mol. The molecule has 0 aliphatic carbocycles. The molecule has 0 saturated heterocycles. The zero-order valence-corrected chi connectivity index (χ0v) is 13.9. The molecule has 0 aliphatic rings. The van der Waals surface area contributed by atoms with Crippen molar-refractivity contribution >= 4 is 22.9 Å². The fourth-order valence-corrected chi connectivity index (χ4v) is 2.51. The summed E-state index contributed by atoms with van der Waals surface area (Å²) < 4.78 is 10.6. The maximum Gasteiger partial charge on any atom is 0.147 e. The van der Waals surface area contributed by atoms with Gasteiger partial charge in [0.05, 0.1) is 26.0 Å². The molecule has 0 radical (unpaired) electrons. The molecular weight excluding hydrogens is 302 g/mol. The van der Waals surface area contributed by atoms with E-state index in [0.717, 1.165) is 33.5 Å². The van der Waals surface area contributed by atoms with E-state index in [1.165, 1.54) is 0 Å². The predicted octanol–water partition coefficient (Wildman–Crippen LogP) is 4.01. The number of fused-ring (bicyclic) bond motifs is 1. The van der Waals surface area contributed by atoms with Gasteiger partial charge in [0.15, 0.2) is 0 Å². The first-order chi connectivity index (χ1) is 11.7. The Morgan fingerprint density at radius 3 is 2.67 bits per heavy atom. The van der Waals surface area contributed by atoms with Crippen LogP contribution in [-0.2, 0) is 0 Å². The minimum Gasteiger partial charge on any atom is -0.497 e. The number of hydrogen-bond acceptors (Lipinski definition) is 5. The molecule has 0 spiro atoms. The van der Waals surface area contributed by atoms with E-state index in [2.05, 4.69) is 28.5 Å². The molecule has 5 nitrogen and oxygen atoms in total. The van der Waals surface area contributed by atoms with E-state index in [1.54, 1.807) is 20.4 Å². The first-order valence-corrected chi connectivity index (χ1v) is 7.59. The second-order valence-corrected chi connectivity index (χ2v) is 5.32. The lowest BCUT2D eigenvalue weighted by Crippen LogP contribution is -1.97. The fraction of sp³-hybridized carbons (Fsp3) is 0.158. The lowest BCUT2D eigenvalue weighted by Gasteiger charge is -2.07. The Hall–Kier alpha value is -3.08. The SMILES string of the molecule is COc1ccc(OC)c(/C=N/Nc2cc(C)c3ccccc3n2)c1. The van der Waals surface area contributed by atoms with Gasteiger partial charge in [-0.2, -0.15) is 5.10 Å². The predicted molar refractivity (Wildman–Crippen MR) is 97.2 cm³/mol. The summed E-state index contributed by atoms with van der Waals surface area (Å²) >= 11 is 0. The summed E-state index contributed by atoms with van der Waals surface area (Å²) in [6.07, 6.45) is 1.69. The highest BCUT2D eigenvalue weighted by Gasteiger charge is 2.03. The first kappa shape index (κ1) is 15.8. The second-order valence-electron chi connectivity index (χ2n) is 5.32. The second kappa shape index (κ2) is 7.00. The average Bonchev–Trinajstić information content (AvgIpc) is 2.61. The molecule has 3 aromatic rings. The van der Waals surface area contributed by atoms with Crippen LogP contribution in [0.2, 0.25) is 0 Å². The maximum absolute atomic E-state index is 5.33. The van der Waals surface area contributed by atoms with Crippen LogP contribution in [0, 0.1) is 6.92 Å². The third kappa shape index (κ3) is 3.30. The molecule has 3 rings (SSSR count). The number of para-hydroxylation sites is 1. The van der Waals surface area contributed by atoms with Crippen molar-refractivity contribution in [1.82, 2.24) is 4.98 Å². The summed E-state index contributed by atoms with van der Waals surface area (Å²) in [7, 11) is 3.25. The van der Waals surface area contributed by atoms with Crippen LogP contribution in [0.5, 0.6) is 11.5 Å². The number of pyridine rings is 1. The molecule has 122 valence electrons. The zero-order chi connectivity index (χ0) is 16.9. The van der Waals surface area contributed by atoms with E-state index in [9.17, 15) is 0 Å². The largest absolute Gasteiger partial charge is 0.497 e. The molecule has 0 fully saturated rings. The van der Waals surface area contributed by atoms with E-state index >= 15 is 0 Å².